The molecule has 2 N–H and O–H groups in total. The van der Waals surface area contributed by atoms with E-state index in [-0.39, 0.29) is 13.2 Å². The second kappa shape index (κ2) is 9.20. The zero-order chi connectivity index (χ0) is 16.5. The maximum Gasteiger partial charge on any atom is 0.313 e. The van der Waals surface area contributed by atoms with Gasteiger partial charge in [0.1, 0.15) is 0 Å². The number of carbonyl (C=O) groups is 2. The first-order chi connectivity index (χ1) is 10.5. The molecule has 0 aliphatic heterocycles. The van der Waals surface area contributed by atoms with Gasteiger partial charge in [0.05, 0.1) is 6.61 Å². The summed E-state index contributed by atoms with van der Waals surface area (Å²) in [6.45, 7) is 6.48. The number of hydrogen-bond donors (Lipinski definition) is 2. The molecule has 1 aromatic carbocycles. The van der Waals surface area contributed by atoms with E-state index in [0.29, 0.717) is 12.2 Å². The first-order valence-corrected chi connectivity index (χ1v) is 7.77. The van der Waals surface area contributed by atoms with Gasteiger partial charge in [-0.05, 0) is 43.5 Å². The van der Waals surface area contributed by atoms with Crippen LogP contribution in [-0.4, -0.2) is 41.5 Å². The maximum absolute atomic E-state index is 12.2. The number of aliphatic hydroxyl groups is 1. The molecule has 0 saturated heterocycles. The van der Waals surface area contributed by atoms with E-state index < -0.39 is 11.8 Å². The van der Waals surface area contributed by atoms with Crippen LogP contribution in [0.1, 0.15) is 37.3 Å². The Morgan fingerprint density at radius 1 is 1.09 bits per heavy atom. The predicted octanol–water partition coefficient (Wildman–Crippen LogP) is 2.25. The molecule has 0 bridgehead atoms. The zero-order valence-electron chi connectivity index (χ0n) is 13.7. The highest BCUT2D eigenvalue weighted by Crippen LogP contribution is 2.14. The largest absolute Gasteiger partial charge is 0.395 e. The van der Waals surface area contributed by atoms with Gasteiger partial charge in [0.25, 0.3) is 0 Å². The van der Waals surface area contributed by atoms with Crippen molar-refractivity contribution in [1.29, 1.82) is 0 Å². The van der Waals surface area contributed by atoms with Gasteiger partial charge in [-0.25, -0.2) is 0 Å². The van der Waals surface area contributed by atoms with Crippen molar-refractivity contribution in [3.8, 4) is 0 Å². The molecule has 22 heavy (non-hydrogen) atoms. The SMILES string of the molecule is CCCCCN(CCO)C(=O)C(=O)Nc1cc(C)cc(C)c1. The molecule has 0 aliphatic rings. The Bertz CT molecular complexity index is 494. The summed E-state index contributed by atoms with van der Waals surface area (Å²) in [7, 11) is 0. The number of aryl methyl sites for hydroxylation is 2. The highest BCUT2D eigenvalue weighted by atomic mass is 16.3. The molecular weight excluding hydrogens is 280 g/mol. The molecule has 0 aliphatic carbocycles. The average molecular weight is 306 g/mol. The topological polar surface area (TPSA) is 69.6 Å². The predicted molar refractivity (Wildman–Crippen MR) is 87.7 cm³/mol. The van der Waals surface area contributed by atoms with Crippen LogP contribution in [0.2, 0.25) is 0 Å². The lowest BCUT2D eigenvalue weighted by molar-refractivity contribution is -0.143. The van der Waals surface area contributed by atoms with E-state index >= 15 is 0 Å². The number of rotatable bonds is 7. The molecule has 0 heterocycles. The summed E-state index contributed by atoms with van der Waals surface area (Å²) >= 11 is 0. The van der Waals surface area contributed by atoms with Gasteiger partial charge in [-0.15, -0.1) is 0 Å². The maximum atomic E-state index is 12.2. The third-order valence-electron chi connectivity index (χ3n) is 3.36. The molecule has 5 nitrogen and oxygen atoms in total. The second-order valence-corrected chi connectivity index (χ2v) is 5.55. The monoisotopic (exact) mass is 306 g/mol. The lowest BCUT2D eigenvalue weighted by Crippen LogP contribution is -2.41. The van der Waals surface area contributed by atoms with Crippen LogP contribution >= 0.6 is 0 Å². The number of nitrogens with zero attached hydrogens (tertiary/aromatic N) is 1. The molecular formula is C17H26N2O3. The minimum atomic E-state index is -0.657. The van der Waals surface area contributed by atoms with E-state index in [0.717, 1.165) is 30.4 Å². The Kier molecular flexibility index (Phi) is 7.60. The number of aliphatic hydroxyl groups excluding tert-OH is 1. The summed E-state index contributed by atoms with van der Waals surface area (Å²) in [5.41, 5.74) is 2.67. The van der Waals surface area contributed by atoms with E-state index in [4.69, 9.17) is 5.11 Å². The fraction of sp³-hybridized carbons (Fsp3) is 0.529. The van der Waals surface area contributed by atoms with Crippen LogP contribution in [-0.2, 0) is 9.59 Å². The van der Waals surface area contributed by atoms with Crippen molar-refractivity contribution < 1.29 is 14.7 Å². The quantitative estimate of drug-likeness (QED) is 0.599. The Morgan fingerprint density at radius 3 is 2.27 bits per heavy atom. The third-order valence-corrected chi connectivity index (χ3v) is 3.36. The van der Waals surface area contributed by atoms with Crippen LogP contribution in [0.5, 0.6) is 0 Å². The fourth-order valence-electron chi connectivity index (χ4n) is 2.36. The zero-order valence-corrected chi connectivity index (χ0v) is 13.7. The minimum absolute atomic E-state index is 0.144. The van der Waals surface area contributed by atoms with Crippen molar-refractivity contribution in [2.45, 2.75) is 40.0 Å². The third kappa shape index (κ3) is 5.85. The summed E-state index contributed by atoms with van der Waals surface area (Å²) in [6.07, 6.45) is 2.86. The Labute approximate surface area is 132 Å². The van der Waals surface area contributed by atoms with Crippen molar-refractivity contribution in [1.82, 2.24) is 4.90 Å². The van der Waals surface area contributed by atoms with Gasteiger partial charge in [-0.1, -0.05) is 25.8 Å². The summed E-state index contributed by atoms with van der Waals surface area (Å²) in [6, 6.07) is 5.65. The first-order valence-electron chi connectivity index (χ1n) is 7.77. The van der Waals surface area contributed by atoms with E-state index in [1.54, 1.807) is 0 Å². The van der Waals surface area contributed by atoms with Crippen LogP contribution in [0.4, 0.5) is 5.69 Å². The average Bonchev–Trinajstić information content (AvgIpc) is 2.44. The molecule has 0 atom stereocenters. The molecule has 0 saturated carbocycles. The summed E-state index contributed by atoms with van der Waals surface area (Å²) in [4.78, 5) is 25.7. The van der Waals surface area contributed by atoms with Gasteiger partial charge in [0, 0.05) is 18.8 Å². The number of anilines is 1. The lowest BCUT2D eigenvalue weighted by atomic mass is 10.1. The number of nitrogens with one attached hydrogen (secondary N) is 1. The first kappa shape index (κ1) is 18.2. The standard InChI is InChI=1S/C17H26N2O3/c1-4-5-6-7-19(8-9-20)17(22)16(21)18-15-11-13(2)10-14(3)12-15/h10-12,20H,4-9H2,1-3H3,(H,18,21). The molecule has 1 aromatic rings. The summed E-state index contributed by atoms with van der Waals surface area (Å²) in [5, 5.41) is 11.7. The molecule has 2 amide bonds. The molecule has 0 aromatic heterocycles. The van der Waals surface area contributed by atoms with Crippen molar-refractivity contribution in [3.63, 3.8) is 0 Å². The minimum Gasteiger partial charge on any atom is -0.395 e. The van der Waals surface area contributed by atoms with Crippen molar-refractivity contribution in [2.24, 2.45) is 0 Å². The molecule has 0 unspecified atom stereocenters. The number of hydrogen-bond acceptors (Lipinski definition) is 3. The molecule has 122 valence electrons. The highest BCUT2D eigenvalue weighted by molar-refractivity contribution is 6.39. The normalized spacial score (nSPS) is 10.4. The summed E-state index contributed by atoms with van der Waals surface area (Å²) in [5.74, 6) is -1.25. The van der Waals surface area contributed by atoms with Gasteiger partial charge in [0.2, 0.25) is 0 Å². The van der Waals surface area contributed by atoms with Crippen LogP contribution in [0.3, 0.4) is 0 Å². The molecule has 0 spiro atoms. The Morgan fingerprint density at radius 2 is 1.73 bits per heavy atom. The van der Waals surface area contributed by atoms with Crippen LogP contribution in [0.15, 0.2) is 18.2 Å². The van der Waals surface area contributed by atoms with E-state index in [9.17, 15) is 9.59 Å². The molecule has 1 rings (SSSR count). The van der Waals surface area contributed by atoms with Gasteiger partial charge in [0.15, 0.2) is 0 Å². The molecule has 5 heteroatoms. The van der Waals surface area contributed by atoms with Gasteiger partial charge in [-0.3, -0.25) is 9.59 Å². The van der Waals surface area contributed by atoms with Crippen molar-refractivity contribution in [2.75, 3.05) is 25.0 Å². The van der Waals surface area contributed by atoms with Crippen LogP contribution in [0.25, 0.3) is 0 Å². The number of amides is 2. The second-order valence-electron chi connectivity index (χ2n) is 5.55. The van der Waals surface area contributed by atoms with Gasteiger partial charge < -0.3 is 15.3 Å². The van der Waals surface area contributed by atoms with Crippen molar-refractivity contribution >= 4 is 17.5 Å². The van der Waals surface area contributed by atoms with Crippen LogP contribution in [0, 0.1) is 13.8 Å². The fourth-order valence-corrected chi connectivity index (χ4v) is 2.36. The van der Waals surface area contributed by atoms with Crippen LogP contribution < -0.4 is 5.32 Å². The lowest BCUT2D eigenvalue weighted by Gasteiger charge is -2.21. The van der Waals surface area contributed by atoms with Gasteiger partial charge in [-0.2, -0.15) is 0 Å². The number of carbonyl (C=O) groups excluding carboxylic acids is 2. The Balaban J connectivity index is 2.69. The van der Waals surface area contributed by atoms with Gasteiger partial charge >= 0.3 is 11.8 Å². The number of benzene rings is 1. The van der Waals surface area contributed by atoms with E-state index in [1.807, 2.05) is 32.0 Å². The Hall–Kier alpha value is -1.88. The number of unbranched alkanes of at least 4 members (excludes halogenated alkanes) is 2. The highest BCUT2D eigenvalue weighted by Gasteiger charge is 2.21. The molecule has 0 radical (unpaired) electrons. The smallest absolute Gasteiger partial charge is 0.313 e. The van der Waals surface area contributed by atoms with E-state index in [2.05, 4.69) is 12.2 Å². The summed E-state index contributed by atoms with van der Waals surface area (Å²) < 4.78 is 0. The molecule has 0 fully saturated rings. The van der Waals surface area contributed by atoms with Crippen molar-refractivity contribution in [3.05, 3.63) is 29.3 Å². The van der Waals surface area contributed by atoms with E-state index in [1.165, 1.54) is 4.90 Å².